The molecule has 0 aromatic carbocycles. The Morgan fingerprint density at radius 1 is 1.38 bits per heavy atom. The van der Waals surface area contributed by atoms with E-state index in [9.17, 15) is 0 Å². The zero-order valence-electron chi connectivity index (χ0n) is 8.98. The van der Waals surface area contributed by atoms with Gasteiger partial charge in [0.1, 0.15) is 5.54 Å². The van der Waals surface area contributed by atoms with Crippen LogP contribution in [0.1, 0.15) is 46.5 Å². The van der Waals surface area contributed by atoms with E-state index in [-0.39, 0.29) is 5.54 Å². The highest BCUT2D eigenvalue weighted by atomic mass is 15.0. The molecule has 1 N–H and O–H groups in total. The van der Waals surface area contributed by atoms with Gasteiger partial charge in [-0.15, -0.1) is 0 Å². The molecule has 1 atom stereocenters. The molecule has 1 rings (SSSR count). The number of nitrogens with one attached hydrogen (secondary N) is 1. The molecule has 2 nitrogen and oxygen atoms in total. The fourth-order valence-corrected chi connectivity index (χ4v) is 2.20. The minimum absolute atomic E-state index is 0.223. The van der Waals surface area contributed by atoms with Crippen molar-refractivity contribution in [1.82, 2.24) is 5.32 Å². The molecule has 0 amide bonds. The van der Waals surface area contributed by atoms with E-state index in [2.05, 4.69) is 32.2 Å². The average Bonchev–Trinajstić information content (AvgIpc) is 2.40. The molecule has 0 aliphatic heterocycles. The van der Waals surface area contributed by atoms with Crippen molar-refractivity contribution in [2.75, 3.05) is 6.54 Å². The van der Waals surface area contributed by atoms with Gasteiger partial charge >= 0.3 is 0 Å². The van der Waals surface area contributed by atoms with Crippen LogP contribution >= 0.6 is 0 Å². The molecule has 1 unspecified atom stereocenters. The summed E-state index contributed by atoms with van der Waals surface area (Å²) in [7, 11) is 0. The minimum Gasteiger partial charge on any atom is -0.299 e. The monoisotopic (exact) mass is 180 g/mol. The molecule has 0 aromatic heterocycles. The Bertz CT molecular complexity index is 215. The lowest BCUT2D eigenvalue weighted by molar-refractivity contribution is 0.335. The summed E-state index contributed by atoms with van der Waals surface area (Å²) < 4.78 is 0. The maximum absolute atomic E-state index is 9.16. The van der Waals surface area contributed by atoms with Crippen LogP contribution in [0.2, 0.25) is 0 Å². The summed E-state index contributed by atoms with van der Waals surface area (Å²) in [6, 6.07) is 2.46. The maximum Gasteiger partial charge on any atom is 0.107 e. The Morgan fingerprint density at radius 3 is 2.46 bits per heavy atom. The van der Waals surface area contributed by atoms with Crippen LogP contribution in [0.15, 0.2) is 0 Å². The molecule has 1 aliphatic rings. The van der Waals surface area contributed by atoms with Gasteiger partial charge in [0, 0.05) is 0 Å². The van der Waals surface area contributed by atoms with Gasteiger partial charge in [-0.1, -0.05) is 20.8 Å². The van der Waals surface area contributed by atoms with E-state index in [4.69, 9.17) is 5.26 Å². The molecule has 0 bridgehead atoms. The second kappa shape index (κ2) is 3.67. The van der Waals surface area contributed by atoms with Gasteiger partial charge in [0.05, 0.1) is 6.07 Å². The molecule has 1 fully saturated rings. The van der Waals surface area contributed by atoms with Crippen molar-refractivity contribution in [3.05, 3.63) is 0 Å². The standard InChI is InChI=1S/C11H20N2/c1-4-7-13-11(9-12)6-5-10(2,3)8-11/h13H,4-8H2,1-3H3. The topological polar surface area (TPSA) is 35.8 Å². The largest absolute Gasteiger partial charge is 0.299 e. The quantitative estimate of drug-likeness (QED) is 0.724. The van der Waals surface area contributed by atoms with E-state index < -0.39 is 0 Å². The minimum atomic E-state index is -0.223. The summed E-state index contributed by atoms with van der Waals surface area (Å²) in [4.78, 5) is 0. The predicted molar refractivity (Wildman–Crippen MR) is 54.3 cm³/mol. The van der Waals surface area contributed by atoms with Crippen molar-refractivity contribution >= 4 is 0 Å². The molecular formula is C11H20N2. The van der Waals surface area contributed by atoms with Gasteiger partial charge in [-0.3, -0.25) is 5.32 Å². The molecule has 0 saturated heterocycles. The first-order valence-electron chi connectivity index (χ1n) is 5.20. The second-order valence-corrected chi connectivity index (χ2v) is 4.96. The molecule has 0 radical (unpaired) electrons. The summed E-state index contributed by atoms with van der Waals surface area (Å²) in [5.74, 6) is 0. The molecule has 0 heterocycles. The summed E-state index contributed by atoms with van der Waals surface area (Å²) in [5.41, 5.74) is 0.121. The number of rotatable bonds is 3. The highest BCUT2D eigenvalue weighted by molar-refractivity contribution is 5.13. The third kappa shape index (κ3) is 2.45. The molecule has 1 aliphatic carbocycles. The molecule has 1 saturated carbocycles. The van der Waals surface area contributed by atoms with Crippen LogP contribution in [0.4, 0.5) is 0 Å². The van der Waals surface area contributed by atoms with E-state index in [1.165, 1.54) is 0 Å². The number of hydrogen-bond donors (Lipinski definition) is 1. The highest BCUT2D eigenvalue weighted by Crippen LogP contribution is 2.43. The van der Waals surface area contributed by atoms with E-state index in [0.29, 0.717) is 5.41 Å². The molecule has 2 heteroatoms. The van der Waals surface area contributed by atoms with Gasteiger partial charge in [0.2, 0.25) is 0 Å². The normalized spacial score (nSPS) is 31.5. The van der Waals surface area contributed by atoms with Crippen LogP contribution in [-0.2, 0) is 0 Å². The summed E-state index contributed by atoms with van der Waals surface area (Å²) in [6.07, 6.45) is 4.27. The maximum atomic E-state index is 9.16. The van der Waals surface area contributed by atoms with Gasteiger partial charge < -0.3 is 0 Å². The van der Waals surface area contributed by atoms with Crippen molar-refractivity contribution in [3.8, 4) is 6.07 Å². The Kier molecular flexibility index (Phi) is 2.98. The Balaban J connectivity index is 2.59. The third-order valence-electron chi connectivity index (χ3n) is 2.94. The van der Waals surface area contributed by atoms with E-state index in [1.54, 1.807) is 0 Å². The van der Waals surface area contributed by atoms with Crippen molar-refractivity contribution < 1.29 is 0 Å². The SMILES string of the molecule is CCCNC1(C#N)CCC(C)(C)C1. The number of hydrogen-bond acceptors (Lipinski definition) is 2. The Labute approximate surface area is 81.3 Å². The van der Waals surface area contributed by atoms with Crippen LogP contribution in [0.25, 0.3) is 0 Å². The summed E-state index contributed by atoms with van der Waals surface area (Å²) in [5, 5.41) is 12.6. The van der Waals surface area contributed by atoms with Crippen molar-refractivity contribution in [3.63, 3.8) is 0 Å². The van der Waals surface area contributed by atoms with Crippen LogP contribution in [0.5, 0.6) is 0 Å². The van der Waals surface area contributed by atoms with Crippen LogP contribution < -0.4 is 5.32 Å². The zero-order valence-corrected chi connectivity index (χ0v) is 8.98. The number of nitriles is 1. The van der Waals surface area contributed by atoms with Gasteiger partial charge in [-0.05, 0) is 37.6 Å². The highest BCUT2D eigenvalue weighted by Gasteiger charge is 2.42. The lowest BCUT2D eigenvalue weighted by Crippen LogP contribution is -2.42. The molecule has 74 valence electrons. The third-order valence-corrected chi connectivity index (χ3v) is 2.94. The van der Waals surface area contributed by atoms with E-state index in [1.807, 2.05) is 0 Å². The fourth-order valence-electron chi connectivity index (χ4n) is 2.20. The van der Waals surface area contributed by atoms with Gasteiger partial charge in [-0.2, -0.15) is 5.26 Å². The van der Waals surface area contributed by atoms with Crippen LogP contribution in [-0.4, -0.2) is 12.1 Å². The predicted octanol–water partition coefficient (Wildman–Crippen LogP) is 2.46. The van der Waals surface area contributed by atoms with E-state index in [0.717, 1.165) is 32.2 Å². The second-order valence-electron chi connectivity index (χ2n) is 4.96. The first kappa shape index (κ1) is 10.5. The van der Waals surface area contributed by atoms with Gasteiger partial charge in [-0.25, -0.2) is 0 Å². The zero-order chi connectivity index (χ0) is 9.95. The van der Waals surface area contributed by atoms with Crippen LogP contribution in [0.3, 0.4) is 0 Å². The first-order chi connectivity index (χ1) is 6.04. The van der Waals surface area contributed by atoms with Gasteiger partial charge in [0.15, 0.2) is 0 Å². The first-order valence-corrected chi connectivity index (χ1v) is 5.20. The van der Waals surface area contributed by atoms with Crippen molar-refractivity contribution in [2.24, 2.45) is 5.41 Å². The molecule has 0 spiro atoms. The Morgan fingerprint density at radius 2 is 2.08 bits per heavy atom. The fraction of sp³-hybridized carbons (Fsp3) is 0.909. The van der Waals surface area contributed by atoms with E-state index >= 15 is 0 Å². The lowest BCUT2D eigenvalue weighted by Gasteiger charge is -2.24. The number of nitrogens with zero attached hydrogens (tertiary/aromatic N) is 1. The van der Waals surface area contributed by atoms with Crippen molar-refractivity contribution in [2.45, 2.75) is 52.0 Å². The molecule has 13 heavy (non-hydrogen) atoms. The average molecular weight is 180 g/mol. The van der Waals surface area contributed by atoms with Gasteiger partial charge in [0.25, 0.3) is 0 Å². The van der Waals surface area contributed by atoms with Crippen molar-refractivity contribution in [1.29, 1.82) is 5.26 Å². The van der Waals surface area contributed by atoms with Crippen LogP contribution in [0, 0.1) is 16.7 Å². The summed E-state index contributed by atoms with van der Waals surface area (Å²) in [6.45, 7) is 7.60. The smallest absolute Gasteiger partial charge is 0.107 e. The Hall–Kier alpha value is -0.550. The summed E-state index contributed by atoms with van der Waals surface area (Å²) >= 11 is 0. The lowest BCUT2D eigenvalue weighted by atomic mass is 9.88. The molecule has 0 aromatic rings. The molecular weight excluding hydrogens is 160 g/mol.